The largest absolute Gasteiger partial charge is 0.382 e. The van der Waals surface area contributed by atoms with Crippen LogP contribution in [-0.2, 0) is 6.42 Å². The molecular weight excluding hydrogens is 292 g/mol. The van der Waals surface area contributed by atoms with Crippen molar-refractivity contribution in [3.05, 3.63) is 42.1 Å². The average molecular weight is 312 g/mol. The number of nitrogens with zero attached hydrogens (tertiary/aromatic N) is 4. The topological polar surface area (TPSA) is 111 Å². The Morgan fingerprint density at radius 2 is 2.13 bits per heavy atom. The van der Waals surface area contributed by atoms with E-state index in [9.17, 15) is 4.79 Å². The molecule has 4 N–H and O–H groups in total. The predicted octanol–water partition coefficient (Wildman–Crippen LogP) is 0.807. The van der Waals surface area contributed by atoms with Gasteiger partial charge in [0.15, 0.2) is 11.6 Å². The third-order valence-electron chi connectivity index (χ3n) is 4.02. The van der Waals surface area contributed by atoms with Gasteiger partial charge in [-0.25, -0.2) is 9.97 Å². The first-order valence-electron chi connectivity index (χ1n) is 7.68. The summed E-state index contributed by atoms with van der Waals surface area (Å²) in [7, 11) is 0. The van der Waals surface area contributed by atoms with E-state index >= 15 is 0 Å². The number of hydrogen-bond acceptors (Lipinski definition) is 7. The van der Waals surface area contributed by atoms with Gasteiger partial charge >= 0.3 is 0 Å². The van der Waals surface area contributed by atoms with E-state index < -0.39 is 0 Å². The fraction of sp³-hybridized carbons (Fsp3) is 0.375. The maximum atomic E-state index is 12.5. The smallest absolute Gasteiger partial charge is 0.189 e. The second-order valence-corrected chi connectivity index (χ2v) is 5.74. The van der Waals surface area contributed by atoms with E-state index in [1.54, 1.807) is 12.4 Å². The minimum atomic E-state index is -0.161. The molecule has 1 aliphatic heterocycles. The molecule has 1 unspecified atom stereocenters. The van der Waals surface area contributed by atoms with E-state index in [-0.39, 0.29) is 29.8 Å². The highest BCUT2D eigenvalue weighted by molar-refractivity contribution is 5.99. The number of ketones is 1. The summed E-state index contributed by atoms with van der Waals surface area (Å²) in [5.74, 6) is -0.00547. The van der Waals surface area contributed by atoms with Gasteiger partial charge in [0.05, 0.1) is 0 Å². The first kappa shape index (κ1) is 15.4. The molecular formula is C16H20N6O. The molecule has 0 aromatic carbocycles. The molecule has 120 valence electrons. The lowest BCUT2D eigenvalue weighted by Crippen LogP contribution is -2.43. The molecule has 23 heavy (non-hydrogen) atoms. The van der Waals surface area contributed by atoms with E-state index in [1.165, 1.54) is 12.4 Å². The number of nitrogen functional groups attached to an aromatic ring is 1. The van der Waals surface area contributed by atoms with Gasteiger partial charge in [-0.15, -0.1) is 0 Å². The van der Waals surface area contributed by atoms with Crippen molar-refractivity contribution in [2.24, 2.45) is 5.73 Å². The quantitative estimate of drug-likeness (QED) is 0.803. The van der Waals surface area contributed by atoms with Gasteiger partial charge in [-0.1, -0.05) is 0 Å². The third-order valence-corrected chi connectivity index (χ3v) is 4.02. The minimum Gasteiger partial charge on any atom is -0.382 e. The number of pyridine rings is 1. The number of hydrogen-bond donors (Lipinski definition) is 2. The highest BCUT2D eigenvalue weighted by Gasteiger charge is 2.21. The monoisotopic (exact) mass is 312 g/mol. The Hall–Kier alpha value is -2.54. The molecule has 0 spiro atoms. The Morgan fingerprint density at radius 1 is 1.30 bits per heavy atom. The first-order chi connectivity index (χ1) is 11.1. The van der Waals surface area contributed by atoms with Crippen LogP contribution in [0.25, 0.3) is 0 Å². The fourth-order valence-electron chi connectivity index (χ4n) is 2.91. The number of Topliss-reactive ketones (excluding diaryl/α,β-unsaturated/α-hetero) is 1. The predicted molar refractivity (Wildman–Crippen MR) is 88.1 cm³/mol. The normalized spacial score (nSPS) is 18.0. The summed E-state index contributed by atoms with van der Waals surface area (Å²) in [5, 5.41) is 0. The highest BCUT2D eigenvalue weighted by atomic mass is 16.1. The summed E-state index contributed by atoms with van der Waals surface area (Å²) in [5.41, 5.74) is 13.9. The molecule has 0 bridgehead atoms. The van der Waals surface area contributed by atoms with Gasteiger partial charge in [0.1, 0.15) is 5.69 Å². The second kappa shape index (κ2) is 6.70. The van der Waals surface area contributed by atoms with Crippen LogP contribution < -0.4 is 16.4 Å². The zero-order chi connectivity index (χ0) is 16.2. The first-order valence-corrected chi connectivity index (χ1v) is 7.68. The lowest BCUT2D eigenvalue weighted by atomic mass is 10.0. The number of aromatic nitrogens is 3. The molecule has 0 radical (unpaired) electrons. The fourth-order valence-corrected chi connectivity index (χ4v) is 2.91. The van der Waals surface area contributed by atoms with Crippen LogP contribution in [0.15, 0.2) is 30.9 Å². The lowest BCUT2D eigenvalue weighted by Gasteiger charge is -2.33. The summed E-state index contributed by atoms with van der Waals surface area (Å²) in [6.07, 6.45) is 8.67. The number of carbonyl (C=O) groups excluding carboxylic acids is 1. The summed E-state index contributed by atoms with van der Waals surface area (Å²) in [6, 6.07) is 2.09. The molecule has 2 aromatic rings. The molecule has 0 saturated carbocycles. The Morgan fingerprint density at radius 3 is 2.91 bits per heavy atom. The molecule has 7 heteroatoms. The van der Waals surface area contributed by atoms with Crippen molar-refractivity contribution in [3.8, 4) is 0 Å². The average Bonchev–Trinajstić information content (AvgIpc) is 2.55. The minimum absolute atomic E-state index is 0.155. The SMILES string of the molecule is Nc1nccnc1C(=O)Cc1cnccc1N1CCCC(N)C1. The van der Waals surface area contributed by atoms with Crippen LogP contribution in [0.1, 0.15) is 28.9 Å². The molecule has 0 aliphatic carbocycles. The van der Waals surface area contributed by atoms with Gasteiger partial charge in [-0.2, -0.15) is 0 Å². The van der Waals surface area contributed by atoms with Crippen LogP contribution >= 0.6 is 0 Å². The van der Waals surface area contributed by atoms with E-state index in [2.05, 4.69) is 19.9 Å². The number of piperidine rings is 1. The Bertz CT molecular complexity index is 704. The summed E-state index contributed by atoms with van der Waals surface area (Å²) in [6.45, 7) is 1.73. The van der Waals surface area contributed by atoms with Crippen LogP contribution in [0, 0.1) is 0 Å². The third kappa shape index (κ3) is 3.45. The van der Waals surface area contributed by atoms with Gasteiger partial charge in [0.25, 0.3) is 0 Å². The lowest BCUT2D eigenvalue weighted by molar-refractivity contribution is 0.0989. The van der Waals surface area contributed by atoms with Crippen molar-refractivity contribution in [2.45, 2.75) is 25.3 Å². The maximum absolute atomic E-state index is 12.5. The molecule has 3 rings (SSSR count). The molecule has 2 aromatic heterocycles. The van der Waals surface area contributed by atoms with E-state index in [4.69, 9.17) is 11.5 Å². The van der Waals surface area contributed by atoms with Crippen molar-refractivity contribution in [1.82, 2.24) is 15.0 Å². The van der Waals surface area contributed by atoms with Crippen LogP contribution in [0.3, 0.4) is 0 Å². The Balaban J connectivity index is 1.83. The van der Waals surface area contributed by atoms with Crippen molar-refractivity contribution >= 4 is 17.3 Å². The van der Waals surface area contributed by atoms with Gasteiger partial charge in [-0.05, 0) is 18.9 Å². The summed E-state index contributed by atoms with van der Waals surface area (Å²) >= 11 is 0. The molecule has 3 heterocycles. The molecule has 1 aliphatic rings. The highest BCUT2D eigenvalue weighted by Crippen LogP contribution is 2.24. The van der Waals surface area contributed by atoms with Crippen molar-refractivity contribution in [1.29, 1.82) is 0 Å². The molecule has 7 nitrogen and oxygen atoms in total. The second-order valence-electron chi connectivity index (χ2n) is 5.74. The van der Waals surface area contributed by atoms with Crippen molar-refractivity contribution in [3.63, 3.8) is 0 Å². The zero-order valence-corrected chi connectivity index (χ0v) is 12.9. The van der Waals surface area contributed by atoms with Crippen LogP contribution in [0.4, 0.5) is 11.5 Å². The Kier molecular flexibility index (Phi) is 4.47. The standard InChI is InChI=1S/C16H20N6O/c17-12-2-1-7-22(10-12)13-3-4-19-9-11(13)8-14(23)15-16(18)21-6-5-20-15/h3-6,9,12H,1-2,7-8,10,17H2,(H2,18,21). The van der Waals surface area contributed by atoms with Crippen LogP contribution in [0.5, 0.6) is 0 Å². The number of anilines is 2. The Labute approximate surface area is 134 Å². The van der Waals surface area contributed by atoms with E-state index in [1.807, 2.05) is 6.07 Å². The van der Waals surface area contributed by atoms with Gasteiger partial charge < -0.3 is 16.4 Å². The molecule has 1 atom stereocenters. The van der Waals surface area contributed by atoms with E-state index in [0.717, 1.165) is 37.2 Å². The summed E-state index contributed by atoms with van der Waals surface area (Å²) < 4.78 is 0. The zero-order valence-electron chi connectivity index (χ0n) is 12.9. The van der Waals surface area contributed by atoms with Crippen molar-refractivity contribution in [2.75, 3.05) is 23.7 Å². The number of rotatable bonds is 4. The van der Waals surface area contributed by atoms with E-state index in [0.29, 0.717) is 0 Å². The molecule has 1 saturated heterocycles. The van der Waals surface area contributed by atoms with Crippen LogP contribution in [0.2, 0.25) is 0 Å². The van der Waals surface area contributed by atoms with Crippen molar-refractivity contribution < 1.29 is 4.79 Å². The maximum Gasteiger partial charge on any atom is 0.189 e. The molecule has 1 fully saturated rings. The van der Waals surface area contributed by atoms with Gasteiger partial charge in [0, 0.05) is 61.6 Å². The van der Waals surface area contributed by atoms with Crippen LogP contribution in [-0.4, -0.2) is 39.9 Å². The summed E-state index contributed by atoms with van der Waals surface area (Å²) in [4.78, 5) is 26.8. The number of nitrogens with two attached hydrogens (primary N) is 2. The van der Waals surface area contributed by atoms with Gasteiger partial charge in [-0.3, -0.25) is 9.78 Å². The molecule has 0 amide bonds. The van der Waals surface area contributed by atoms with Gasteiger partial charge in [0.2, 0.25) is 0 Å². The number of carbonyl (C=O) groups is 1.